The van der Waals surface area contributed by atoms with Crippen LogP contribution in [0.15, 0.2) is 34.9 Å². The Kier molecular flexibility index (Phi) is 4.70. The predicted octanol–water partition coefficient (Wildman–Crippen LogP) is 2.61. The minimum atomic E-state index is 0.142. The smallest absolute Gasteiger partial charge is 0.238 e. The number of hydrogen-bond acceptors (Lipinski definition) is 5. The Hall–Kier alpha value is -1.66. The largest absolute Gasteiger partial charge is 0.438 e. The van der Waals surface area contributed by atoms with Crippen LogP contribution in [0.3, 0.4) is 0 Å². The van der Waals surface area contributed by atoms with Crippen molar-refractivity contribution < 1.29 is 9.84 Å². The Balaban J connectivity index is 2.16. The highest BCUT2D eigenvalue weighted by Gasteiger charge is 2.07. The molecule has 6 heteroatoms. The van der Waals surface area contributed by atoms with E-state index in [9.17, 15) is 0 Å². The summed E-state index contributed by atoms with van der Waals surface area (Å²) >= 11 is 3.35. The zero-order valence-electron chi connectivity index (χ0n) is 10.4. The number of halogens is 1. The minimum absolute atomic E-state index is 0.142. The molecule has 5 nitrogen and oxygen atoms in total. The fourth-order valence-electron chi connectivity index (χ4n) is 1.51. The lowest BCUT2D eigenvalue weighted by atomic mass is 10.1. The summed E-state index contributed by atoms with van der Waals surface area (Å²) in [7, 11) is 1.75. The molecule has 0 aliphatic heterocycles. The summed E-state index contributed by atoms with van der Waals surface area (Å²) < 4.78 is 6.37. The lowest BCUT2D eigenvalue weighted by Crippen LogP contribution is -1.98. The third-order valence-electron chi connectivity index (χ3n) is 2.47. The lowest BCUT2D eigenvalue weighted by Gasteiger charge is -2.08. The molecule has 0 saturated heterocycles. The van der Waals surface area contributed by atoms with Crippen molar-refractivity contribution in [3.05, 3.63) is 40.5 Å². The van der Waals surface area contributed by atoms with Gasteiger partial charge in [0, 0.05) is 13.7 Å². The maximum Gasteiger partial charge on any atom is 0.238 e. The molecule has 1 aromatic heterocycles. The zero-order chi connectivity index (χ0) is 13.7. The standard InChI is InChI=1S/C13H14BrN3O2/c1-15-13-16-8-11(14)12(17-13)19-10-4-2-9(3-5-10)6-7-18/h2-5,8,18H,6-7H2,1H3,(H,15,16,17). The van der Waals surface area contributed by atoms with Crippen molar-refractivity contribution >= 4 is 21.9 Å². The summed E-state index contributed by atoms with van der Waals surface area (Å²) in [6, 6.07) is 7.52. The first-order valence-corrected chi connectivity index (χ1v) is 6.60. The maximum atomic E-state index is 8.86. The average Bonchev–Trinajstić information content (AvgIpc) is 2.44. The van der Waals surface area contributed by atoms with Crippen LogP contribution in [0.5, 0.6) is 11.6 Å². The highest BCUT2D eigenvalue weighted by molar-refractivity contribution is 9.10. The maximum absolute atomic E-state index is 8.86. The molecule has 0 amide bonds. The molecule has 0 spiro atoms. The number of hydrogen-bond donors (Lipinski definition) is 2. The van der Waals surface area contributed by atoms with E-state index < -0.39 is 0 Å². The van der Waals surface area contributed by atoms with Gasteiger partial charge >= 0.3 is 0 Å². The highest BCUT2D eigenvalue weighted by Crippen LogP contribution is 2.27. The molecule has 0 bridgehead atoms. The highest BCUT2D eigenvalue weighted by atomic mass is 79.9. The third kappa shape index (κ3) is 3.65. The number of benzene rings is 1. The van der Waals surface area contributed by atoms with Crippen LogP contribution >= 0.6 is 15.9 Å². The summed E-state index contributed by atoms with van der Waals surface area (Å²) in [5, 5.41) is 11.7. The van der Waals surface area contributed by atoms with Crippen LogP contribution in [0.2, 0.25) is 0 Å². The molecule has 100 valence electrons. The van der Waals surface area contributed by atoms with Gasteiger partial charge in [0.05, 0.1) is 10.7 Å². The summed E-state index contributed by atoms with van der Waals surface area (Å²) in [5.74, 6) is 1.63. The van der Waals surface area contributed by atoms with Gasteiger partial charge in [0.1, 0.15) is 5.75 Å². The van der Waals surface area contributed by atoms with E-state index >= 15 is 0 Å². The van der Waals surface area contributed by atoms with Gasteiger partial charge in [-0.25, -0.2) is 4.98 Å². The molecule has 2 aromatic rings. The second-order valence-electron chi connectivity index (χ2n) is 3.82. The van der Waals surface area contributed by atoms with Gasteiger partial charge in [0.15, 0.2) is 0 Å². The minimum Gasteiger partial charge on any atom is -0.438 e. The lowest BCUT2D eigenvalue weighted by molar-refractivity contribution is 0.299. The molecule has 19 heavy (non-hydrogen) atoms. The Bertz CT molecular complexity index is 546. The summed E-state index contributed by atoms with van der Waals surface area (Å²) in [4.78, 5) is 8.27. The van der Waals surface area contributed by atoms with E-state index in [4.69, 9.17) is 9.84 Å². The van der Waals surface area contributed by atoms with Crippen LogP contribution in [0.1, 0.15) is 5.56 Å². The zero-order valence-corrected chi connectivity index (χ0v) is 12.0. The van der Waals surface area contributed by atoms with Crippen LogP contribution in [-0.4, -0.2) is 28.7 Å². The number of aromatic nitrogens is 2. The van der Waals surface area contributed by atoms with Crippen molar-refractivity contribution in [2.24, 2.45) is 0 Å². The molecule has 1 aromatic carbocycles. The molecular weight excluding hydrogens is 310 g/mol. The second kappa shape index (κ2) is 6.49. The quantitative estimate of drug-likeness (QED) is 0.885. The van der Waals surface area contributed by atoms with Crippen molar-refractivity contribution in [3.63, 3.8) is 0 Å². The molecular formula is C13H14BrN3O2. The van der Waals surface area contributed by atoms with Gasteiger partial charge in [-0.2, -0.15) is 4.98 Å². The number of ether oxygens (including phenoxy) is 1. The van der Waals surface area contributed by atoms with E-state index in [1.165, 1.54) is 0 Å². The molecule has 0 radical (unpaired) electrons. The van der Waals surface area contributed by atoms with E-state index in [0.717, 1.165) is 5.56 Å². The van der Waals surface area contributed by atoms with E-state index in [1.807, 2.05) is 24.3 Å². The van der Waals surface area contributed by atoms with Crippen molar-refractivity contribution in [2.45, 2.75) is 6.42 Å². The van der Waals surface area contributed by atoms with Gasteiger partial charge < -0.3 is 15.2 Å². The average molecular weight is 324 g/mol. The van der Waals surface area contributed by atoms with Gasteiger partial charge in [-0.05, 0) is 40.0 Å². The summed E-state index contributed by atoms with van der Waals surface area (Å²) in [6.45, 7) is 0.142. The van der Waals surface area contributed by atoms with Crippen molar-refractivity contribution in [2.75, 3.05) is 19.0 Å². The fourth-order valence-corrected chi connectivity index (χ4v) is 1.78. The van der Waals surface area contributed by atoms with Gasteiger partial charge in [-0.15, -0.1) is 0 Å². The second-order valence-corrected chi connectivity index (χ2v) is 4.67. The Labute approximate surface area is 119 Å². The number of anilines is 1. The first-order chi connectivity index (χ1) is 9.22. The Morgan fingerprint density at radius 2 is 2.05 bits per heavy atom. The number of nitrogens with one attached hydrogen (secondary N) is 1. The van der Waals surface area contributed by atoms with Crippen LogP contribution in [0.4, 0.5) is 5.95 Å². The first-order valence-electron chi connectivity index (χ1n) is 5.81. The number of aliphatic hydroxyl groups is 1. The van der Waals surface area contributed by atoms with E-state index in [-0.39, 0.29) is 6.61 Å². The van der Waals surface area contributed by atoms with Crippen LogP contribution in [-0.2, 0) is 6.42 Å². The van der Waals surface area contributed by atoms with Gasteiger partial charge in [0.2, 0.25) is 11.8 Å². The van der Waals surface area contributed by atoms with E-state index in [2.05, 4.69) is 31.2 Å². The van der Waals surface area contributed by atoms with E-state index in [1.54, 1.807) is 13.2 Å². The molecule has 0 fully saturated rings. The molecule has 2 N–H and O–H groups in total. The third-order valence-corrected chi connectivity index (χ3v) is 3.02. The number of rotatable bonds is 5. The van der Waals surface area contributed by atoms with Gasteiger partial charge in [-0.1, -0.05) is 12.1 Å². The van der Waals surface area contributed by atoms with Crippen molar-refractivity contribution in [1.29, 1.82) is 0 Å². The van der Waals surface area contributed by atoms with E-state index in [0.29, 0.717) is 28.5 Å². The van der Waals surface area contributed by atoms with Crippen LogP contribution < -0.4 is 10.1 Å². The summed E-state index contributed by atoms with van der Waals surface area (Å²) in [6.07, 6.45) is 2.27. The molecule has 0 aliphatic carbocycles. The topological polar surface area (TPSA) is 67.3 Å². The molecule has 2 rings (SSSR count). The first kappa shape index (κ1) is 13.8. The van der Waals surface area contributed by atoms with Crippen molar-refractivity contribution in [3.8, 4) is 11.6 Å². The molecule has 0 unspecified atom stereocenters. The SMILES string of the molecule is CNc1ncc(Br)c(Oc2ccc(CCO)cc2)n1. The molecule has 0 saturated carbocycles. The van der Waals surface area contributed by atoms with Crippen LogP contribution in [0.25, 0.3) is 0 Å². The predicted molar refractivity (Wildman–Crippen MR) is 76.6 cm³/mol. The van der Waals surface area contributed by atoms with Crippen molar-refractivity contribution in [1.82, 2.24) is 9.97 Å². The summed E-state index contributed by atoms with van der Waals surface area (Å²) in [5.41, 5.74) is 1.06. The fraction of sp³-hybridized carbons (Fsp3) is 0.231. The number of nitrogens with zero attached hydrogens (tertiary/aromatic N) is 2. The normalized spacial score (nSPS) is 10.3. The van der Waals surface area contributed by atoms with Gasteiger partial charge in [-0.3, -0.25) is 0 Å². The monoisotopic (exact) mass is 323 g/mol. The van der Waals surface area contributed by atoms with Crippen LogP contribution in [0, 0.1) is 0 Å². The Morgan fingerprint density at radius 1 is 1.32 bits per heavy atom. The molecule has 0 atom stereocenters. The molecule has 1 heterocycles. The number of aliphatic hydroxyl groups excluding tert-OH is 1. The molecule has 0 aliphatic rings. The van der Waals surface area contributed by atoms with Gasteiger partial charge in [0.25, 0.3) is 0 Å². The Morgan fingerprint density at radius 3 is 2.68 bits per heavy atom.